The van der Waals surface area contributed by atoms with Crippen molar-refractivity contribution in [2.24, 2.45) is 22.2 Å². The maximum Gasteiger partial charge on any atom is 0.325 e. The van der Waals surface area contributed by atoms with Crippen molar-refractivity contribution in [3.63, 3.8) is 0 Å². The van der Waals surface area contributed by atoms with Crippen LogP contribution in [0.3, 0.4) is 0 Å². The summed E-state index contributed by atoms with van der Waals surface area (Å²) in [6.45, 7) is 2.86. The Bertz CT molecular complexity index is 863. The summed E-state index contributed by atoms with van der Waals surface area (Å²) in [5.74, 6) is -5.29. The van der Waals surface area contributed by atoms with Crippen LogP contribution < -0.4 is 43.8 Å². The number of carbonyl (C=O) groups excluding carboxylic acids is 5. The second-order valence-corrected chi connectivity index (χ2v) is 8.05. The van der Waals surface area contributed by atoms with E-state index >= 15 is 0 Å². The molecule has 0 spiro atoms. The molecule has 0 radical (unpaired) electrons. The molecule has 0 saturated carbocycles. The number of amides is 5. The molecule has 0 saturated heterocycles. The number of hydrogen-bond acceptors (Lipinski definition) is 9. The standard InChI is InChI=1S/C20H37N9O8/c1-9(15(32)27-11(3)19(36)37)25-17(34)12(5-4-6-24-20(22)23)29-16(33)10(2)26-18(35)13(8-30)28-14(31)7-21/h9-13,30H,4-8,21H2,1-3H3,(H,25,34)(H,26,35)(H,27,32)(H,28,31)(H,29,33)(H,36,37)(H4,22,23,24)/t9-,10-,11-,12-,13-/m0/s1. The number of carboxylic acids is 1. The molecule has 0 fully saturated rings. The number of carboxylic acid groups (broad SMARTS) is 1. The third-order valence-electron chi connectivity index (χ3n) is 4.83. The van der Waals surface area contributed by atoms with Crippen LogP contribution >= 0.6 is 0 Å². The fourth-order valence-electron chi connectivity index (χ4n) is 2.68. The van der Waals surface area contributed by atoms with Crippen molar-refractivity contribution < 1.29 is 39.0 Å². The third kappa shape index (κ3) is 13.0. The van der Waals surface area contributed by atoms with Crippen LogP contribution in [-0.4, -0.2) is 102 Å². The molecule has 0 aliphatic carbocycles. The topological polar surface area (TPSA) is 293 Å². The summed E-state index contributed by atoms with van der Waals surface area (Å²) in [5.41, 5.74) is 15.7. The van der Waals surface area contributed by atoms with E-state index in [-0.39, 0.29) is 25.3 Å². The van der Waals surface area contributed by atoms with Gasteiger partial charge < -0.3 is 54.0 Å². The van der Waals surface area contributed by atoms with E-state index in [2.05, 4.69) is 31.6 Å². The largest absolute Gasteiger partial charge is 0.480 e. The highest BCUT2D eigenvalue weighted by atomic mass is 16.4. The molecule has 17 heteroatoms. The molecule has 5 atom stereocenters. The minimum Gasteiger partial charge on any atom is -0.480 e. The molecule has 0 bridgehead atoms. The zero-order valence-electron chi connectivity index (χ0n) is 20.9. The lowest BCUT2D eigenvalue weighted by atomic mass is 10.1. The molecular formula is C20H37N9O8. The van der Waals surface area contributed by atoms with Gasteiger partial charge in [0.25, 0.3) is 0 Å². The van der Waals surface area contributed by atoms with Gasteiger partial charge in [0.2, 0.25) is 29.5 Å². The highest BCUT2D eigenvalue weighted by molar-refractivity contribution is 5.95. The molecule has 210 valence electrons. The summed E-state index contributed by atoms with van der Waals surface area (Å²) in [6, 6.07) is -6.05. The van der Waals surface area contributed by atoms with E-state index in [0.29, 0.717) is 0 Å². The van der Waals surface area contributed by atoms with Gasteiger partial charge in [-0.25, -0.2) is 0 Å². The minimum absolute atomic E-state index is 0.0424. The molecule has 5 amide bonds. The first-order valence-electron chi connectivity index (χ1n) is 11.3. The smallest absolute Gasteiger partial charge is 0.325 e. The fraction of sp³-hybridized carbons (Fsp3) is 0.650. The number of aliphatic imine (C=N–C) groups is 1. The summed E-state index contributed by atoms with van der Waals surface area (Å²) in [6.07, 6.45) is 0.298. The van der Waals surface area contributed by atoms with E-state index in [4.69, 9.17) is 22.3 Å². The monoisotopic (exact) mass is 531 g/mol. The van der Waals surface area contributed by atoms with Gasteiger partial charge in [0.05, 0.1) is 13.2 Å². The van der Waals surface area contributed by atoms with Crippen LogP contribution in [0.5, 0.6) is 0 Å². The van der Waals surface area contributed by atoms with Crippen LogP contribution in [-0.2, 0) is 28.8 Å². The second kappa shape index (κ2) is 16.6. The predicted molar refractivity (Wildman–Crippen MR) is 130 cm³/mol. The van der Waals surface area contributed by atoms with E-state index < -0.39 is 78.9 Å². The predicted octanol–water partition coefficient (Wildman–Crippen LogP) is -5.44. The van der Waals surface area contributed by atoms with Crippen molar-refractivity contribution >= 4 is 41.5 Å². The van der Waals surface area contributed by atoms with Gasteiger partial charge in [-0.3, -0.25) is 33.8 Å². The Balaban J connectivity index is 5.31. The molecule has 17 nitrogen and oxygen atoms in total. The van der Waals surface area contributed by atoms with Crippen molar-refractivity contribution in [2.75, 3.05) is 19.7 Å². The van der Waals surface area contributed by atoms with Gasteiger partial charge in [0, 0.05) is 6.54 Å². The Labute approximate surface area is 213 Å². The number of carbonyl (C=O) groups is 6. The summed E-state index contributed by atoms with van der Waals surface area (Å²) < 4.78 is 0. The number of hydrogen-bond donors (Lipinski definition) is 10. The first kappa shape index (κ1) is 33.0. The average molecular weight is 532 g/mol. The van der Waals surface area contributed by atoms with Gasteiger partial charge in [0.1, 0.15) is 30.2 Å². The third-order valence-corrected chi connectivity index (χ3v) is 4.83. The van der Waals surface area contributed by atoms with Gasteiger partial charge in [-0.2, -0.15) is 0 Å². The highest BCUT2D eigenvalue weighted by Gasteiger charge is 2.29. The van der Waals surface area contributed by atoms with E-state index in [1.54, 1.807) is 0 Å². The maximum absolute atomic E-state index is 12.8. The number of aliphatic carboxylic acids is 1. The summed E-state index contributed by atoms with van der Waals surface area (Å²) in [7, 11) is 0. The normalized spacial score (nSPS) is 14.5. The lowest BCUT2D eigenvalue weighted by molar-refractivity contribution is -0.141. The van der Waals surface area contributed by atoms with Crippen molar-refractivity contribution in [3.05, 3.63) is 0 Å². The molecule has 0 aromatic rings. The first-order chi connectivity index (χ1) is 17.2. The van der Waals surface area contributed by atoms with Crippen LogP contribution in [0.25, 0.3) is 0 Å². The molecule has 0 aromatic heterocycles. The molecular weight excluding hydrogens is 494 g/mol. The van der Waals surface area contributed by atoms with Crippen molar-refractivity contribution in [3.8, 4) is 0 Å². The lowest BCUT2D eigenvalue weighted by Crippen LogP contribution is -2.58. The number of guanidine groups is 1. The van der Waals surface area contributed by atoms with Gasteiger partial charge in [-0.1, -0.05) is 0 Å². The number of aliphatic hydroxyl groups excluding tert-OH is 1. The van der Waals surface area contributed by atoms with E-state index in [9.17, 15) is 33.9 Å². The molecule has 0 rings (SSSR count). The lowest BCUT2D eigenvalue weighted by Gasteiger charge is -2.24. The van der Waals surface area contributed by atoms with Crippen molar-refractivity contribution in [2.45, 2.75) is 63.8 Å². The quantitative estimate of drug-likeness (QED) is 0.0509. The number of nitrogens with two attached hydrogens (primary N) is 3. The number of aliphatic hydroxyl groups is 1. The second-order valence-electron chi connectivity index (χ2n) is 8.05. The van der Waals surface area contributed by atoms with Crippen LogP contribution in [0.2, 0.25) is 0 Å². The molecule has 13 N–H and O–H groups in total. The van der Waals surface area contributed by atoms with Crippen LogP contribution in [0, 0.1) is 0 Å². The van der Waals surface area contributed by atoms with Crippen LogP contribution in [0.15, 0.2) is 4.99 Å². The van der Waals surface area contributed by atoms with E-state index in [1.807, 2.05) is 0 Å². The SMILES string of the molecule is C[C@H](NC(=O)[C@H](C)NC(=O)[C@H](CCCN=C(N)N)NC(=O)[C@H](C)NC(=O)[C@H](CO)NC(=O)CN)C(=O)O. The zero-order chi connectivity index (χ0) is 28.7. The number of nitrogens with zero attached hydrogens (tertiary/aromatic N) is 1. The summed E-state index contributed by atoms with van der Waals surface area (Å²) in [4.78, 5) is 76.0. The first-order valence-corrected chi connectivity index (χ1v) is 11.3. The van der Waals surface area contributed by atoms with E-state index in [0.717, 1.165) is 0 Å². The average Bonchev–Trinajstić information content (AvgIpc) is 2.83. The highest BCUT2D eigenvalue weighted by Crippen LogP contribution is 2.02. The summed E-state index contributed by atoms with van der Waals surface area (Å²) >= 11 is 0. The van der Waals surface area contributed by atoms with Gasteiger partial charge in [-0.05, 0) is 33.6 Å². The van der Waals surface area contributed by atoms with Gasteiger partial charge >= 0.3 is 5.97 Å². The zero-order valence-corrected chi connectivity index (χ0v) is 20.9. The number of rotatable bonds is 16. The molecule has 0 aliphatic heterocycles. The number of nitrogens with one attached hydrogen (secondary N) is 5. The van der Waals surface area contributed by atoms with Crippen LogP contribution in [0.1, 0.15) is 33.6 Å². The molecule has 0 unspecified atom stereocenters. The van der Waals surface area contributed by atoms with Crippen molar-refractivity contribution in [1.29, 1.82) is 0 Å². The van der Waals surface area contributed by atoms with Crippen molar-refractivity contribution in [1.82, 2.24) is 26.6 Å². The molecule has 0 aliphatic rings. The maximum atomic E-state index is 12.8. The Hall–Kier alpha value is -3.99. The van der Waals surface area contributed by atoms with Gasteiger partial charge in [0.15, 0.2) is 5.96 Å². The van der Waals surface area contributed by atoms with Gasteiger partial charge in [-0.15, -0.1) is 0 Å². The Morgan fingerprint density at radius 1 is 0.757 bits per heavy atom. The fourth-order valence-corrected chi connectivity index (χ4v) is 2.68. The molecule has 0 heterocycles. The Morgan fingerprint density at radius 2 is 1.24 bits per heavy atom. The minimum atomic E-state index is -1.35. The van der Waals surface area contributed by atoms with E-state index in [1.165, 1.54) is 20.8 Å². The Kier molecular flexibility index (Phi) is 14.8. The Morgan fingerprint density at radius 3 is 1.70 bits per heavy atom. The van der Waals surface area contributed by atoms with Crippen LogP contribution in [0.4, 0.5) is 0 Å². The molecule has 0 aromatic carbocycles. The summed E-state index contributed by atoms with van der Waals surface area (Å²) in [5, 5.41) is 29.8. The molecule has 37 heavy (non-hydrogen) atoms.